The Balaban J connectivity index is 1.49. The zero-order valence-corrected chi connectivity index (χ0v) is 19.0. The predicted octanol–water partition coefficient (Wildman–Crippen LogP) is 4.05. The van der Waals surface area contributed by atoms with E-state index in [-0.39, 0.29) is 41.5 Å². The van der Waals surface area contributed by atoms with Gasteiger partial charge in [-0.05, 0) is 24.6 Å². The van der Waals surface area contributed by atoms with Crippen LogP contribution in [0.15, 0.2) is 41.5 Å². The van der Waals surface area contributed by atoms with Crippen molar-refractivity contribution in [2.45, 2.75) is 38.8 Å². The Morgan fingerprint density at radius 3 is 2.85 bits per heavy atom. The van der Waals surface area contributed by atoms with Gasteiger partial charge in [0.2, 0.25) is 11.8 Å². The molecule has 0 aliphatic carbocycles. The molecule has 178 valence electrons. The lowest BCUT2D eigenvalue weighted by molar-refractivity contribution is -0.115. The van der Waals surface area contributed by atoms with Gasteiger partial charge in [-0.15, -0.1) is 0 Å². The van der Waals surface area contributed by atoms with E-state index in [2.05, 4.69) is 20.3 Å². The average Bonchev–Trinajstić information content (AvgIpc) is 3.40. The Bertz CT molecular complexity index is 1220. The van der Waals surface area contributed by atoms with Gasteiger partial charge in [0.15, 0.2) is 13.0 Å². The Morgan fingerprint density at radius 2 is 2.18 bits per heavy atom. The maximum Gasteiger partial charge on any atom is 0.278 e. The van der Waals surface area contributed by atoms with E-state index in [4.69, 9.17) is 20.8 Å². The number of rotatable bonds is 8. The lowest BCUT2D eigenvalue weighted by Crippen LogP contribution is -2.27. The number of hydrogen-bond donors (Lipinski definition) is 1. The number of carbonyl (C=O) groups excluding carboxylic acids is 2. The van der Waals surface area contributed by atoms with Gasteiger partial charge in [-0.25, -0.2) is 23.7 Å². The zero-order valence-electron chi connectivity index (χ0n) is 18.2. The number of alkyl halides is 2. The van der Waals surface area contributed by atoms with E-state index in [0.29, 0.717) is 22.5 Å². The molecule has 0 fully saturated rings. The van der Waals surface area contributed by atoms with Crippen LogP contribution in [0.5, 0.6) is 5.88 Å². The molecule has 4 rings (SSSR count). The number of ether oxygens (including phenoxy) is 1. The number of hydrogen-bond acceptors (Lipinski definition) is 7. The molecule has 0 aromatic carbocycles. The highest BCUT2D eigenvalue weighted by molar-refractivity contribution is 6.31. The lowest BCUT2D eigenvalue weighted by Gasteiger charge is -2.25. The van der Waals surface area contributed by atoms with Crippen molar-refractivity contribution in [2.24, 2.45) is 0 Å². The molecule has 3 aromatic heterocycles. The van der Waals surface area contributed by atoms with Crippen molar-refractivity contribution >= 4 is 29.2 Å². The molecule has 1 aliphatic heterocycles. The van der Waals surface area contributed by atoms with E-state index in [9.17, 15) is 18.4 Å². The molecule has 0 bridgehead atoms. The number of anilines is 1. The van der Waals surface area contributed by atoms with Crippen molar-refractivity contribution in [3.63, 3.8) is 0 Å². The van der Waals surface area contributed by atoms with Crippen molar-refractivity contribution in [2.75, 3.05) is 11.9 Å². The Labute approximate surface area is 198 Å². The summed E-state index contributed by atoms with van der Waals surface area (Å²) in [5.41, 5.74) is 1.58. The fraction of sp³-hybridized carbons (Fsp3) is 0.318. The molecule has 4 heterocycles. The second-order valence-corrected chi connectivity index (χ2v) is 8.31. The fourth-order valence-electron chi connectivity index (χ4n) is 3.48. The SMILES string of the molecule is CC(c1cnc(OCC(C)(F)F)c(Cl)c1)N1Cc2c(ccnc2NC(=O)Cc2cnco2)C1=O. The number of halogens is 3. The van der Waals surface area contributed by atoms with E-state index >= 15 is 0 Å². The van der Waals surface area contributed by atoms with Crippen molar-refractivity contribution in [3.05, 3.63) is 64.6 Å². The minimum atomic E-state index is -3.03. The molecule has 12 heteroatoms. The third-order valence-corrected chi connectivity index (χ3v) is 5.46. The Hall–Kier alpha value is -3.60. The number of carbonyl (C=O) groups is 2. The topological polar surface area (TPSA) is 110 Å². The maximum absolute atomic E-state index is 13.1. The standard InChI is InChI=1S/C22H20ClF2N5O4/c1-12(13-5-17(23)20(28-7-13)33-10-22(2,24)25)30-9-16-15(21(30)32)3-4-27-19(16)29-18(31)6-14-8-26-11-34-14/h3-5,7-8,11-12H,6,9-10H2,1-2H3,(H,27,29,31). The summed E-state index contributed by atoms with van der Waals surface area (Å²) < 4.78 is 36.2. The van der Waals surface area contributed by atoms with Crippen LogP contribution in [0.25, 0.3) is 0 Å². The van der Waals surface area contributed by atoms with Gasteiger partial charge >= 0.3 is 0 Å². The second kappa shape index (κ2) is 9.34. The molecule has 9 nitrogen and oxygen atoms in total. The van der Waals surface area contributed by atoms with Gasteiger partial charge in [0.25, 0.3) is 11.8 Å². The first-order valence-electron chi connectivity index (χ1n) is 10.2. The third-order valence-electron chi connectivity index (χ3n) is 5.19. The third kappa shape index (κ3) is 5.14. The maximum atomic E-state index is 13.1. The summed E-state index contributed by atoms with van der Waals surface area (Å²) in [5, 5.41) is 2.77. The Kier molecular flexibility index (Phi) is 6.47. The van der Waals surface area contributed by atoms with E-state index in [1.54, 1.807) is 17.9 Å². The largest absolute Gasteiger partial charge is 0.470 e. The highest BCUT2D eigenvalue weighted by Gasteiger charge is 2.34. The molecule has 2 amide bonds. The summed E-state index contributed by atoms with van der Waals surface area (Å²) in [6, 6.07) is 2.66. The van der Waals surface area contributed by atoms with Crippen LogP contribution in [-0.4, -0.2) is 44.2 Å². The molecule has 3 aromatic rings. The molecule has 34 heavy (non-hydrogen) atoms. The summed E-state index contributed by atoms with van der Waals surface area (Å²) in [7, 11) is 0. The molecule has 0 radical (unpaired) electrons. The summed E-state index contributed by atoms with van der Waals surface area (Å²) in [4.78, 5) is 39.0. The van der Waals surface area contributed by atoms with Crippen LogP contribution < -0.4 is 10.1 Å². The van der Waals surface area contributed by atoms with Crippen molar-refractivity contribution in [1.82, 2.24) is 19.9 Å². The van der Waals surface area contributed by atoms with E-state index < -0.39 is 18.6 Å². The minimum absolute atomic E-state index is 0.0258. The molecule has 0 saturated heterocycles. The number of nitrogens with one attached hydrogen (secondary N) is 1. The van der Waals surface area contributed by atoms with Crippen molar-refractivity contribution in [3.8, 4) is 5.88 Å². The number of oxazole rings is 1. The molecule has 1 atom stereocenters. The fourth-order valence-corrected chi connectivity index (χ4v) is 3.71. The first-order chi connectivity index (χ1) is 16.1. The molecule has 1 aliphatic rings. The number of nitrogens with zero attached hydrogens (tertiary/aromatic N) is 4. The van der Waals surface area contributed by atoms with Gasteiger partial charge < -0.3 is 19.4 Å². The van der Waals surface area contributed by atoms with Crippen molar-refractivity contribution < 1.29 is 27.5 Å². The molecular weight excluding hydrogens is 472 g/mol. The number of fused-ring (bicyclic) bond motifs is 1. The summed E-state index contributed by atoms with van der Waals surface area (Å²) in [6.45, 7) is 1.85. The smallest absolute Gasteiger partial charge is 0.278 e. The first kappa shape index (κ1) is 23.6. The number of amides is 2. The lowest BCUT2D eigenvalue weighted by atomic mass is 10.1. The van der Waals surface area contributed by atoms with Crippen LogP contribution in [0.2, 0.25) is 5.02 Å². The predicted molar refractivity (Wildman–Crippen MR) is 117 cm³/mol. The van der Waals surface area contributed by atoms with Gasteiger partial charge in [0.05, 0.1) is 25.2 Å². The van der Waals surface area contributed by atoms with Crippen LogP contribution in [-0.2, 0) is 17.8 Å². The van der Waals surface area contributed by atoms with Gasteiger partial charge in [-0.1, -0.05) is 11.6 Å². The highest BCUT2D eigenvalue weighted by Crippen LogP contribution is 2.35. The van der Waals surface area contributed by atoms with Crippen LogP contribution >= 0.6 is 11.6 Å². The van der Waals surface area contributed by atoms with E-state index in [0.717, 1.165) is 6.92 Å². The van der Waals surface area contributed by atoms with Crippen LogP contribution in [0.1, 0.15) is 47.1 Å². The average molecular weight is 492 g/mol. The quantitative estimate of drug-likeness (QED) is 0.506. The zero-order chi connectivity index (χ0) is 24.5. The monoisotopic (exact) mass is 491 g/mol. The van der Waals surface area contributed by atoms with Crippen LogP contribution in [0.3, 0.4) is 0 Å². The van der Waals surface area contributed by atoms with Gasteiger partial charge in [-0.2, -0.15) is 0 Å². The van der Waals surface area contributed by atoms with Gasteiger partial charge in [-0.3, -0.25) is 9.59 Å². The molecule has 0 saturated carbocycles. The number of pyridine rings is 2. The molecule has 1 N–H and O–H groups in total. The van der Waals surface area contributed by atoms with Gasteiger partial charge in [0.1, 0.15) is 16.6 Å². The normalized spacial score (nSPS) is 14.1. The second-order valence-electron chi connectivity index (χ2n) is 7.90. The van der Waals surface area contributed by atoms with E-state index in [1.165, 1.54) is 31.1 Å². The van der Waals surface area contributed by atoms with E-state index in [1.807, 2.05) is 0 Å². The first-order valence-corrected chi connectivity index (χ1v) is 10.6. The van der Waals surface area contributed by atoms with Crippen LogP contribution in [0.4, 0.5) is 14.6 Å². The highest BCUT2D eigenvalue weighted by atomic mass is 35.5. The molecule has 0 spiro atoms. The summed E-state index contributed by atoms with van der Waals surface area (Å²) in [6.07, 6.45) is 5.52. The van der Waals surface area contributed by atoms with Crippen LogP contribution in [0, 0.1) is 0 Å². The molecule has 1 unspecified atom stereocenters. The summed E-state index contributed by atoms with van der Waals surface area (Å²) in [5.74, 6) is -3.07. The minimum Gasteiger partial charge on any atom is -0.470 e. The molecular formula is C22H20ClF2N5O4. The van der Waals surface area contributed by atoms with Gasteiger partial charge in [0, 0.05) is 30.4 Å². The van der Waals surface area contributed by atoms with Crippen molar-refractivity contribution in [1.29, 1.82) is 0 Å². The summed E-state index contributed by atoms with van der Waals surface area (Å²) >= 11 is 6.17. The Morgan fingerprint density at radius 1 is 1.38 bits per heavy atom. The number of aromatic nitrogens is 3.